The predicted octanol–water partition coefficient (Wildman–Crippen LogP) is 1.84. The highest BCUT2D eigenvalue weighted by Crippen LogP contribution is 2.27. The summed E-state index contributed by atoms with van der Waals surface area (Å²) in [5.74, 6) is 7.00. The van der Waals surface area contributed by atoms with Crippen LogP contribution in [-0.4, -0.2) is 4.98 Å². The molecule has 0 amide bonds. The molecule has 0 radical (unpaired) electrons. The Labute approximate surface area is 66.5 Å². The van der Waals surface area contributed by atoms with E-state index in [2.05, 4.69) is 16.8 Å². The molecule has 0 bridgehead atoms. The van der Waals surface area contributed by atoms with Crippen molar-refractivity contribution < 1.29 is 0 Å². The van der Waals surface area contributed by atoms with E-state index in [4.69, 9.17) is 0 Å². The Bertz CT molecular complexity index is 288. The van der Waals surface area contributed by atoms with E-state index in [0.29, 0.717) is 5.92 Å². The van der Waals surface area contributed by atoms with Gasteiger partial charge in [0.25, 0.3) is 0 Å². The second-order valence-electron chi connectivity index (χ2n) is 2.78. The molecule has 1 heterocycles. The van der Waals surface area contributed by atoms with E-state index < -0.39 is 0 Å². The third-order valence-electron chi connectivity index (χ3n) is 1.68. The van der Waals surface area contributed by atoms with Crippen LogP contribution in [-0.2, 0) is 0 Å². The molecule has 1 heteroatoms. The molecule has 1 aromatic rings. The molecular weight excluding hydrogens is 134 g/mol. The second kappa shape index (κ2) is 2.75. The zero-order valence-corrected chi connectivity index (χ0v) is 6.25. The first-order valence-corrected chi connectivity index (χ1v) is 3.87. The molecule has 1 aliphatic carbocycles. The van der Waals surface area contributed by atoms with E-state index in [0.717, 1.165) is 5.56 Å². The Morgan fingerprint density at radius 3 is 2.64 bits per heavy atom. The van der Waals surface area contributed by atoms with Crippen LogP contribution in [0.15, 0.2) is 24.5 Å². The third-order valence-corrected chi connectivity index (χ3v) is 1.68. The van der Waals surface area contributed by atoms with Crippen LogP contribution in [0.5, 0.6) is 0 Å². The summed E-state index contributed by atoms with van der Waals surface area (Å²) < 4.78 is 0. The lowest BCUT2D eigenvalue weighted by molar-refractivity contribution is 1.18. The fraction of sp³-hybridized carbons (Fsp3) is 0.300. The molecule has 1 fully saturated rings. The minimum Gasteiger partial charge on any atom is -0.265 e. The first kappa shape index (κ1) is 6.42. The lowest BCUT2D eigenvalue weighted by atomic mass is 10.2. The van der Waals surface area contributed by atoms with Crippen molar-refractivity contribution in [1.29, 1.82) is 0 Å². The van der Waals surface area contributed by atoms with Crippen molar-refractivity contribution in [1.82, 2.24) is 4.98 Å². The van der Waals surface area contributed by atoms with Crippen molar-refractivity contribution in [3.63, 3.8) is 0 Å². The zero-order valence-electron chi connectivity index (χ0n) is 6.25. The van der Waals surface area contributed by atoms with Gasteiger partial charge in [-0.3, -0.25) is 4.98 Å². The maximum Gasteiger partial charge on any atom is 0.0280 e. The smallest absolute Gasteiger partial charge is 0.0280 e. The van der Waals surface area contributed by atoms with Crippen molar-refractivity contribution in [2.45, 2.75) is 12.8 Å². The maximum absolute atomic E-state index is 3.92. The number of pyridine rings is 1. The Morgan fingerprint density at radius 1 is 1.27 bits per heavy atom. The maximum atomic E-state index is 3.92. The minimum atomic E-state index is 0.683. The number of hydrogen-bond acceptors (Lipinski definition) is 1. The Hall–Kier alpha value is -1.29. The molecule has 11 heavy (non-hydrogen) atoms. The lowest BCUT2D eigenvalue weighted by Crippen LogP contribution is -1.74. The van der Waals surface area contributed by atoms with Crippen LogP contribution < -0.4 is 0 Å². The fourth-order valence-electron chi connectivity index (χ4n) is 0.848. The van der Waals surface area contributed by atoms with Crippen LogP contribution in [0.1, 0.15) is 18.4 Å². The van der Waals surface area contributed by atoms with Crippen LogP contribution >= 0.6 is 0 Å². The Balaban J connectivity index is 2.12. The second-order valence-corrected chi connectivity index (χ2v) is 2.78. The molecule has 0 spiro atoms. The summed E-state index contributed by atoms with van der Waals surface area (Å²) in [7, 11) is 0. The summed E-state index contributed by atoms with van der Waals surface area (Å²) in [6.07, 6.45) is 6.13. The SMILES string of the molecule is C(#CC1CC1)c1ccncc1. The molecule has 0 unspecified atom stereocenters. The number of nitrogens with zero attached hydrogens (tertiary/aromatic N) is 1. The van der Waals surface area contributed by atoms with Crippen molar-refractivity contribution in [2.24, 2.45) is 5.92 Å². The molecule has 0 saturated heterocycles. The van der Waals surface area contributed by atoms with Crippen molar-refractivity contribution >= 4 is 0 Å². The molecule has 2 rings (SSSR count). The van der Waals surface area contributed by atoms with Gasteiger partial charge in [0, 0.05) is 23.9 Å². The third kappa shape index (κ3) is 1.81. The van der Waals surface area contributed by atoms with Gasteiger partial charge >= 0.3 is 0 Å². The van der Waals surface area contributed by atoms with Gasteiger partial charge in [0.2, 0.25) is 0 Å². The van der Waals surface area contributed by atoms with Gasteiger partial charge in [-0.1, -0.05) is 11.8 Å². The molecule has 0 atom stereocenters. The first-order chi connectivity index (χ1) is 5.45. The van der Waals surface area contributed by atoms with Crippen LogP contribution in [0.4, 0.5) is 0 Å². The van der Waals surface area contributed by atoms with E-state index in [1.165, 1.54) is 12.8 Å². The summed E-state index contributed by atoms with van der Waals surface area (Å²) >= 11 is 0. The molecule has 54 valence electrons. The fourth-order valence-corrected chi connectivity index (χ4v) is 0.848. The molecule has 0 aromatic carbocycles. The molecular formula is C10H9N. The highest BCUT2D eigenvalue weighted by Gasteiger charge is 2.17. The molecule has 1 aromatic heterocycles. The lowest BCUT2D eigenvalue weighted by Gasteiger charge is -1.84. The Morgan fingerprint density at radius 2 is 2.00 bits per heavy atom. The van der Waals surface area contributed by atoms with Crippen LogP contribution in [0.3, 0.4) is 0 Å². The van der Waals surface area contributed by atoms with Gasteiger partial charge in [0.15, 0.2) is 0 Å². The van der Waals surface area contributed by atoms with Crippen LogP contribution in [0.2, 0.25) is 0 Å². The number of aromatic nitrogens is 1. The standard InChI is InChI=1S/C10H9N/c1-2-9(1)3-4-10-5-7-11-8-6-10/h5-9H,1-2H2. The number of rotatable bonds is 0. The summed E-state index contributed by atoms with van der Waals surface area (Å²) in [5, 5.41) is 0. The largest absolute Gasteiger partial charge is 0.265 e. The molecule has 1 aliphatic rings. The molecule has 1 saturated carbocycles. The van der Waals surface area contributed by atoms with Gasteiger partial charge in [-0.2, -0.15) is 0 Å². The summed E-state index contributed by atoms with van der Waals surface area (Å²) in [5.41, 5.74) is 1.08. The zero-order chi connectivity index (χ0) is 7.52. The topological polar surface area (TPSA) is 12.9 Å². The van der Waals surface area contributed by atoms with Gasteiger partial charge in [-0.15, -0.1) is 0 Å². The van der Waals surface area contributed by atoms with Crippen LogP contribution in [0.25, 0.3) is 0 Å². The van der Waals surface area contributed by atoms with Gasteiger partial charge in [0.1, 0.15) is 0 Å². The molecule has 0 aliphatic heterocycles. The van der Waals surface area contributed by atoms with E-state index in [1.54, 1.807) is 12.4 Å². The van der Waals surface area contributed by atoms with Gasteiger partial charge in [-0.25, -0.2) is 0 Å². The highest BCUT2D eigenvalue weighted by atomic mass is 14.6. The average molecular weight is 143 g/mol. The average Bonchev–Trinajstić information content (AvgIpc) is 2.86. The van der Waals surface area contributed by atoms with Gasteiger partial charge in [-0.05, 0) is 25.0 Å². The summed E-state index contributed by atoms with van der Waals surface area (Å²) in [4.78, 5) is 3.92. The molecule has 0 N–H and O–H groups in total. The monoisotopic (exact) mass is 143 g/mol. The van der Waals surface area contributed by atoms with E-state index in [-0.39, 0.29) is 0 Å². The van der Waals surface area contributed by atoms with Crippen molar-refractivity contribution in [3.8, 4) is 11.8 Å². The highest BCUT2D eigenvalue weighted by molar-refractivity contribution is 5.33. The van der Waals surface area contributed by atoms with Crippen LogP contribution in [0, 0.1) is 17.8 Å². The van der Waals surface area contributed by atoms with Crippen molar-refractivity contribution in [2.75, 3.05) is 0 Å². The summed E-state index contributed by atoms with van der Waals surface area (Å²) in [6.45, 7) is 0. The predicted molar refractivity (Wildman–Crippen MR) is 43.8 cm³/mol. The quantitative estimate of drug-likeness (QED) is 0.505. The normalized spacial score (nSPS) is 15.3. The minimum absolute atomic E-state index is 0.683. The van der Waals surface area contributed by atoms with E-state index in [9.17, 15) is 0 Å². The first-order valence-electron chi connectivity index (χ1n) is 3.87. The van der Waals surface area contributed by atoms with Crippen molar-refractivity contribution in [3.05, 3.63) is 30.1 Å². The Kier molecular flexibility index (Phi) is 1.61. The van der Waals surface area contributed by atoms with Gasteiger partial charge < -0.3 is 0 Å². The number of hydrogen-bond donors (Lipinski definition) is 0. The van der Waals surface area contributed by atoms with Gasteiger partial charge in [0.05, 0.1) is 0 Å². The molecule has 1 nitrogen and oxygen atoms in total. The van der Waals surface area contributed by atoms with E-state index >= 15 is 0 Å². The van der Waals surface area contributed by atoms with E-state index in [1.807, 2.05) is 12.1 Å². The summed E-state index contributed by atoms with van der Waals surface area (Å²) in [6, 6.07) is 3.88.